The predicted octanol–water partition coefficient (Wildman–Crippen LogP) is 3.80. The molecule has 3 aromatic carbocycles. The van der Waals surface area contributed by atoms with Gasteiger partial charge >= 0.3 is 6.41 Å². The molecule has 2 aromatic heterocycles. The fourth-order valence-electron chi connectivity index (χ4n) is 5.08. The highest BCUT2D eigenvalue weighted by Gasteiger charge is 2.23. The molecule has 0 saturated heterocycles. The second kappa shape index (κ2) is 10.9. The summed E-state index contributed by atoms with van der Waals surface area (Å²) in [6.45, 7) is 2.02. The van der Waals surface area contributed by atoms with E-state index in [1.54, 1.807) is 54.1 Å². The first-order valence-electron chi connectivity index (χ1n) is 13.2. The summed E-state index contributed by atoms with van der Waals surface area (Å²) in [5.74, 6) is 0.941. The van der Waals surface area contributed by atoms with E-state index in [1.165, 1.54) is 17.0 Å². The third-order valence-electron chi connectivity index (χ3n) is 7.03. The maximum Gasteiger partial charge on any atom is 0.304 e. The number of fused-ring (bicyclic) bond motifs is 1. The van der Waals surface area contributed by atoms with Gasteiger partial charge in [-0.2, -0.15) is 10.1 Å². The van der Waals surface area contributed by atoms with Crippen LogP contribution in [0, 0.1) is 5.82 Å². The molecule has 0 spiro atoms. The summed E-state index contributed by atoms with van der Waals surface area (Å²) in [6, 6.07) is 19.3. The summed E-state index contributed by atoms with van der Waals surface area (Å²) in [5.41, 5.74) is 3.82. The lowest BCUT2D eigenvalue weighted by Gasteiger charge is -2.16. The van der Waals surface area contributed by atoms with Gasteiger partial charge in [-0.3, -0.25) is 4.79 Å². The third-order valence-corrected chi connectivity index (χ3v) is 7.03. The largest absolute Gasteiger partial charge is 0.497 e. The van der Waals surface area contributed by atoms with Crippen molar-refractivity contribution < 1.29 is 19.1 Å². The average molecular weight is 555 g/mol. The molecule has 6 rings (SSSR count). The highest BCUT2D eigenvalue weighted by molar-refractivity contribution is 6.04. The second-order valence-electron chi connectivity index (χ2n) is 9.56. The molecule has 2 N–H and O–H groups in total. The summed E-state index contributed by atoms with van der Waals surface area (Å²) in [4.78, 5) is 23.2. The molecule has 0 amide bonds. The van der Waals surface area contributed by atoms with Gasteiger partial charge in [0.05, 0.1) is 18.5 Å². The number of nitrogens with zero attached hydrogens (tertiary/aromatic N) is 5. The van der Waals surface area contributed by atoms with Crippen molar-refractivity contribution in [2.75, 3.05) is 7.11 Å². The quantitative estimate of drug-likeness (QED) is 0.300. The highest BCUT2D eigenvalue weighted by atomic mass is 19.1. The Labute approximate surface area is 234 Å². The second-order valence-corrected chi connectivity index (χ2v) is 9.56. The minimum atomic E-state index is -1.24. The van der Waals surface area contributed by atoms with Crippen molar-refractivity contribution in [2.24, 2.45) is 5.16 Å². The normalized spacial score (nSPS) is 14.5. The van der Waals surface area contributed by atoms with Crippen LogP contribution in [0.4, 0.5) is 4.39 Å². The van der Waals surface area contributed by atoms with E-state index in [-0.39, 0.29) is 12.0 Å². The molecule has 208 valence electrons. The standard InChI is InChI=1S/C30H27FN6O4/c1-3-6-26-24(28(38)36(29-32-17-33-37(26)29)20-11-13-21(40-2)14-12-20)15-19-10-9-18(16-25(19)31)22-7-4-5-8-23(22)27-34-30(39)41-35-27/h4-5,7-14,16-17,30,39H,3,6,15H2,1-2H3,(H,34,35). The van der Waals surface area contributed by atoms with Crippen molar-refractivity contribution in [3.05, 3.63) is 112 Å². The number of hydrogen-bond donors (Lipinski definition) is 2. The molecule has 0 radical (unpaired) electrons. The summed E-state index contributed by atoms with van der Waals surface area (Å²) in [7, 11) is 1.58. The van der Waals surface area contributed by atoms with Gasteiger partial charge in [0.15, 0.2) is 5.84 Å². The molecule has 1 unspecified atom stereocenters. The Morgan fingerprint density at radius 3 is 2.56 bits per heavy atom. The van der Waals surface area contributed by atoms with Crippen LogP contribution in [0.1, 0.15) is 35.7 Å². The number of hydrogen-bond acceptors (Lipinski definition) is 8. The lowest BCUT2D eigenvalue weighted by molar-refractivity contribution is -0.0896. The Hall–Kier alpha value is -5.03. The van der Waals surface area contributed by atoms with Crippen LogP contribution in [0.5, 0.6) is 5.75 Å². The number of oxime groups is 1. The van der Waals surface area contributed by atoms with Crippen molar-refractivity contribution in [3.63, 3.8) is 0 Å². The molecule has 1 atom stereocenters. The minimum absolute atomic E-state index is 0.0716. The summed E-state index contributed by atoms with van der Waals surface area (Å²) >= 11 is 0. The zero-order valence-electron chi connectivity index (χ0n) is 22.4. The monoisotopic (exact) mass is 554 g/mol. The van der Waals surface area contributed by atoms with Crippen molar-refractivity contribution >= 4 is 11.6 Å². The molecule has 10 nitrogen and oxygen atoms in total. The van der Waals surface area contributed by atoms with Crippen LogP contribution in [0.3, 0.4) is 0 Å². The third kappa shape index (κ3) is 4.80. The minimum Gasteiger partial charge on any atom is -0.497 e. The van der Waals surface area contributed by atoms with Crippen LogP contribution < -0.4 is 15.6 Å². The molecular formula is C30H27FN6O4. The predicted molar refractivity (Wildman–Crippen MR) is 151 cm³/mol. The first-order valence-corrected chi connectivity index (χ1v) is 13.2. The lowest BCUT2D eigenvalue weighted by Crippen LogP contribution is -2.29. The zero-order chi connectivity index (χ0) is 28.5. The maximum absolute atomic E-state index is 15.7. The Morgan fingerprint density at radius 1 is 1.10 bits per heavy atom. The van der Waals surface area contributed by atoms with Crippen molar-refractivity contribution in [1.29, 1.82) is 0 Å². The Morgan fingerprint density at radius 2 is 1.88 bits per heavy atom. The Bertz CT molecular complexity index is 1830. The number of aliphatic hydroxyl groups excluding tert-OH is 1. The molecule has 0 aliphatic carbocycles. The van der Waals surface area contributed by atoms with Gasteiger partial charge < -0.3 is 20.0 Å². The number of halogens is 1. The molecule has 1 aliphatic heterocycles. The van der Waals surface area contributed by atoms with Gasteiger partial charge in [0.2, 0.25) is 5.78 Å². The average Bonchev–Trinajstić information content (AvgIpc) is 3.65. The number of aliphatic hydroxyl groups is 1. The number of rotatable bonds is 8. The Balaban J connectivity index is 1.43. The fraction of sp³-hybridized carbons (Fsp3) is 0.200. The highest BCUT2D eigenvalue weighted by Crippen LogP contribution is 2.28. The van der Waals surface area contributed by atoms with Crippen LogP contribution >= 0.6 is 0 Å². The number of amidine groups is 1. The molecule has 0 saturated carbocycles. The number of aryl methyl sites for hydroxylation is 1. The molecule has 0 fully saturated rings. The number of aromatic nitrogens is 4. The number of methoxy groups -OCH3 is 1. The van der Waals surface area contributed by atoms with E-state index in [1.807, 2.05) is 25.1 Å². The van der Waals surface area contributed by atoms with Crippen LogP contribution in [0.25, 0.3) is 22.6 Å². The molecule has 5 aromatic rings. The summed E-state index contributed by atoms with van der Waals surface area (Å²) in [5, 5.41) is 20.7. The van der Waals surface area contributed by atoms with Gasteiger partial charge in [0.1, 0.15) is 17.9 Å². The fourth-order valence-corrected chi connectivity index (χ4v) is 5.08. The number of ether oxygens (including phenoxy) is 1. The molecule has 11 heteroatoms. The van der Waals surface area contributed by atoms with Gasteiger partial charge in [-0.05, 0) is 53.4 Å². The van der Waals surface area contributed by atoms with E-state index in [0.29, 0.717) is 63.0 Å². The van der Waals surface area contributed by atoms with Gasteiger partial charge in [0.25, 0.3) is 5.56 Å². The van der Waals surface area contributed by atoms with E-state index in [4.69, 9.17) is 9.57 Å². The topological polar surface area (TPSA) is 115 Å². The first kappa shape index (κ1) is 26.2. The van der Waals surface area contributed by atoms with Gasteiger partial charge in [-0.1, -0.05) is 54.9 Å². The van der Waals surface area contributed by atoms with Gasteiger partial charge in [-0.25, -0.2) is 13.5 Å². The molecule has 1 aliphatic rings. The Kier molecular flexibility index (Phi) is 6.94. The summed E-state index contributed by atoms with van der Waals surface area (Å²) < 4.78 is 24.2. The van der Waals surface area contributed by atoms with Crippen molar-refractivity contribution in [3.8, 4) is 22.6 Å². The SMILES string of the molecule is CCCc1c(Cc2ccc(-c3ccccc3C3=NOC(O)N3)cc2F)c(=O)n(-c2ccc(OC)cc2)c2ncnn12. The van der Waals surface area contributed by atoms with E-state index in [2.05, 4.69) is 20.6 Å². The smallest absolute Gasteiger partial charge is 0.304 e. The van der Waals surface area contributed by atoms with Crippen LogP contribution in [-0.4, -0.2) is 43.6 Å². The molecule has 41 heavy (non-hydrogen) atoms. The first-order chi connectivity index (χ1) is 20.0. The molecule has 3 heterocycles. The molecular weight excluding hydrogens is 527 g/mol. The van der Waals surface area contributed by atoms with E-state index in [9.17, 15) is 9.90 Å². The lowest BCUT2D eigenvalue weighted by atomic mass is 9.95. The van der Waals surface area contributed by atoms with Crippen LogP contribution in [0.15, 0.2) is 83.0 Å². The van der Waals surface area contributed by atoms with Crippen LogP contribution in [-0.2, 0) is 17.7 Å². The van der Waals surface area contributed by atoms with Gasteiger partial charge in [-0.15, -0.1) is 0 Å². The number of benzene rings is 3. The van der Waals surface area contributed by atoms with Crippen molar-refractivity contribution in [1.82, 2.24) is 24.5 Å². The van der Waals surface area contributed by atoms with Crippen LogP contribution in [0.2, 0.25) is 0 Å². The van der Waals surface area contributed by atoms with E-state index >= 15 is 4.39 Å². The zero-order valence-corrected chi connectivity index (χ0v) is 22.4. The van der Waals surface area contributed by atoms with E-state index < -0.39 is 12.2 Å². The maximum atomic E-state index is 15.7. The number of nitrogens with one attached hydrogen (secondary N) is 1. The van der Waals surface area contributed by atoms with Crippen molar-refractivity contribution in [2.45, 2.75) is 32.6 Å². The van der Waals surface area contributed by atoms with E-state index in [0.717, 1.165) is 6.42 Å². The molecule has 0 bridgehead atoms. The van der Waals surface area contributed by atoms with Gasteiger partial charge in [0, 0.05) is 17.5 Å². The summed E-state index contributed by atoms with van der Waals surface area (Å²) in [6.07, 6.45) is 1.59.